The van der Waals surface area contributed by atoms with E-state index in [1.165, 1.54) is 16.8 Å². The zero-order chi connectivity index (χ0) is 15.3. The molecule has 0 radical (unpaired) electrons. The third-order valence-electron chi connectivity index (χ3n) is 2.91. The Kier molecular flexibility index (Phi) is 5.69. The Morgan fingerprint density at radius 3 is 2.70 bits per heavy atom. The SMILES string of the molecule is CCn1cc([N+](=O)[O-])cc1C(=O)NCC(O)CC(C)C. The molecule has 0 bridgehead atoms. The van der Waals surface area contributed by atoms with E-state index in [2.05, 4.69) is 5.32 Å². The van der Waals surface area contributed by atoms with E-state index in [9.17, 15) is 20.0 Å². The van der Waals surface area contributed by atoms with E-state index in [0.717, 1.165) is 0 Å². The summed E-state index contributed by atoms with van der Waals surface area (Å²) in [6.45, 7) is 6.37. The molecule has 1 rings (SSSR count). The Bertz CT molecular complexity index is 482. The molecule has 0 saturated heterocycles. The second kappa shape index (κ2) is 7.04. The zero-order valence-corrected chi connectivity index (χ0v) is 12.0. The average molecular weight is 283 g/mol. The fourth-order valence-corrected chi connectivity index (χ4v) is 1.98. The summed E-state index contributed by atoms with van der Waals surface area (Å²) in [5, 5.41) is 23.0. The molecule has 1 amide bonds. The summed E-state index contributed by atoms with van der Waals surface area (Å²) < 4.78 is 1.52. The highest BCUT2D eigenvalue weighted by Crippen LogP contribution is 2.16. The number of amides is 1. The van der Waals surface area contributed by atoms with Crippen molar-refractivity contribution in [3.05, 3.63) is 28.1 Å². The van der Waals surface area contributed by atoms with Gasteiger partial charge in [0.2, 0.25) is 0 Å². The number of carbonyl (C=O) groups excluding carboxylic acids is 1. The van der Waals surface area contributed by atoms with Crippen LogP contribution in [0.5, 0.6) is 0 Å². The number of nitrogens with one attached hydrogen (secondary N) is 1. The molecule has 0 aliphatic rings. The maximum Gasteiger partial charge on any atom is 0.287 e. The third kappa shape index (κ3) is 4.34. The number of aromatic nitrogens is 1. The van der Waals surface area contributed by atoms with Crippen LogP contribution in [0.1, 0.15) is 37.7 Å². The van der Waals surface area contributed by atoms with Crippen molar-refractivity contribution in [2.75, 3.05) is 6.54 Å². The standard InChI is InChI=1S/C13H21N3O4/c1-4-15-8-10(16(19)20)6-12(15)13(18)14-7-11(17)5-9(2)3/h6,8-9,11,17H,4-5,7H2,1-3H3,(H,14,18). The lowest BCUT2D eigenvalue weighted by molar-refractivity contribution is -0.384. The molecule has 0 fully saturated rings. The van der Waals surface area contributed by atoms with Crippen molar-refractivity contribution in [2.45, 2.75) is 39.8 Å². The number of rotatable bonds is 7. The van der Waals surface area contributed by atoms with Crippen LogP contribution in [0, 0.1) is 16.0 Å². The normalized spacial score (nSPS) is 12.4. The lowest BCUT2D eigenvalue weighted by atomic mass is 10.1. The Hall–Kier alpha value is -1.89. The largest absolute Gasteiger partial charge is 0.391 e. The number of nitrogens with zero attached hydrogens (tertiary/aromatic N) is 2. The molecule has 112 valence electrons. The van der Waals surface area contributed by atoms with Gasteiger partial charge in [-0.05, 0) is 19.3 Å². The second-order valence-corrected chi connectivity index (χ2v) is 5.12. The molecule has 1 heterocycles. The van der Waals surface area contributed by atoms with Crippen molar-refractivity contribution in [1.29, 1.82) is 0 Å². The van der Waals surface area contributed by atoms with Crippen LogP contribution in [-0.2, 0) is 6.54 Å². The Morgan fingerprint density at radius 1 is 1.55 bits per heavy atom. The van der Waals surface area contributed by atoms with Gasteiger partial charge >= 0.3 is 0 Å². The van der Waals surface area contributed by atoms with E-state index in [0.29, 0.717) is 18.9 Å². The van der Waals surface area contributed by atoms with Gasteiger partial charge in [0.25, 0.3) is 11.6 Å². The van der Waals surface area contributed by atoms with Crippen LogP contribution in [0.3, 0.4) is 0 Å². The van der Waals surface area contributed by atoms with Gasteiger partial charge in [0, 0.05) is 19.2 Å². The number of nitro groups is 1. The number of carbonyl (C=O) groups is 1. The van der Waals surface area contributed by atoms with Crippen LogP contribution >= 0.6 is 0 Å². The molecule has 0 spiro atoms. The predicted molar refractivity (Wildman–Crippen MR) is 74.6 cm³/mol. The maximum absolute atomic E-state index is 12.0. The third-order valence-corrected chi connectivity index (χ3v) is 2.91. The molecule has 20 heavy (non-hydrogen) atoms. The van der Waals surface area contributed by atoms with Gasteiger partial charge in [-0.15, -0.1) is 0 Å². The molecule has 1 unspecified atom stereocenters. The van der Waals surface area contributed by atoms with Crippen molar-refractivity contribution in [2.24, 2.45) is 5.92 Å². The lowest BCUT2D eigenvalue weighted by Crippen LogP contribution is -2.33. The average Bonchev–Trinajstić information content (AvgIpc) is 2.79. The number of aryl methyl sites for hydroxylation is 1. The minimum Gasteiger partial charge on any atom is -0.391 e. The first-order valence-electron chi connectivity index (χ1n) is 6.66. The summed E-state index contributed by atoms with van der Waals surface area (Å²) in [5.74, 6) is -0.0785. The summed E-state index contributed by atoms with van der Waals surface area (Å²) in [5.41, 5.74) is 0.121. The van der Waals surface area contributed by atoms with Crippen molar-refractivity contribution < 1.29 is 14.8 Å². The van der Waals surface area contributed by atoms with Crippen molar-refractivity contribution in [1.82, 2.24) is 9.88 Å². The minimum atomic E-state index is -0.612. The van der Waals surface area contributed by atoms with Gasteiger partial charge in [0.15, 0.2) is 0 Å². The van der Waals surface area contributed by atoms with Crippen LogP contribution in [0.4, 0.5) is 5.69 Å². The minimum absolute atomic E-state index is 0.111. The van der Waals surface area contributed by atoms with Crippen molar-refractivity contribution >= 4 is 11.6 Å². The second-order valence-electron chi connectivity index (χ2n) is 5.12. The van der Waals surface area contributed by atoms with Gasteiger partial charge in [-0.25, -0.2) is 0 Å². The van der Waals surface area contributed by atoms with Crippen LogP contribution < -0.4 is 5.32 Å². The molecule has 7 nitrogen and oxygen atoms in total. The van der Waals surface area contributed by atoms with Gasteiger partial charge in [-0.3, -0.25) is 14.9 Å². The Morgan fingerprint density at radius 2 is 2.20 bits per heavy atom. The molecule has 2 N–H and O–H groups in total. The van der Waals surface area contributed by atoms with E-state index in [-0.39, 0.29) is 17.9 Å². The summed E-state index contributed by atoms with van der Waals surface area (Å²) in [6, 6.07) is 1.24. The Balaban J connectivity index is 2.69. The summed E-state index contributed by atoms with van der Waals surface area (Å²) in [4.78, 5) is 22.2. The summed E-state index contributed by atoms with van der Waals surface area (Å²) >= 11 is 0. The Labute approximate surface area is 117 Å². The lowest BCUT2D eigenvalue weighted by Gasteiger charge is -2.14. The monoisotopic (exact) mass is 283 g/mol. The number of hydrogen-bond donors (Lipinski definition) is 2. The van der Waals surface area contributed by atoms with Gasteiger partial charge in [-0.1, -0.05) is 13.8 Å². The van der Waals surface area contributed by atoms with Crippen molar-refractivity contribution in [3.8, 4) is 0 Å². The molecular weight excluding hydrogens is 262 g/mol. The zero-order valence-electron chi connectivity index (χ0n) is 12.0. The van der Waals surface area contributed by atoms with Crippen LogP contribution in [0.2, 0.25) is 0 Å². The first kappa shape index (κ1) is 16.2. The summed E-state index contributed by atoms with van der Waals surface area (Å²) in [7, 11) is 0. The van der Waals surface area contributed by atoms with Gasteiger partial charge in [-0.2, -0.15) is 0 Å². The first-order valence-corrected chi connectivity index (χ1v) is 6.66. The fourth-order valence-electron chi connectivity index (χ4n) is 1.98. The van der Waals surface area contributed by atoms with Crippen molar-refractivity contribution in [3.63, 3.8) is 0 Å². The van der Waals surface area contributed by atoms with E-state index < -0.39 is 16.9 Å². The molecular formula is C13H21N3O4. The van der Waals surface area contributed by atoms with Crippen LogP contribution in [-0.4, -0.2) is 33.2 Å². The van der Waals surface area contributed by atoms with E-state index >= 15 is 0 Å². The molecule has 0 aromatic carbocycles. The molecule has 0 saturated carbocycles. The van der Waals surface area contributed by atoms with Gasteiger partial charge in [0.05, 0.1) is 17.2 Å². The summed E-state index contributed by atoms with van der Waals surface area (Å²) in [6.07, 6.45) is 1.31. The van der Waals surface area contributed by atoms with E-state index in [1.807, 2.05) is 13.8 Å². The van der Waals surface area contributed by atoms with E-state index in [1.54, 1.807) is 6.92 Å². The number of hydrogen-bond acceptors (Lipinski definition) is 4. The molecule has 7 heteroatoms. The van der Waals surface area contributed by atoms with E-state index in [4.69, 9.17) is 0 Å². The predicted octanol–water partition coefficient (Wildman–Crippen LogP) is 1.55. The van der Waals surface area contributed by atoms with Crippen LogP contribution in [0.15, 0.2) is 12.3 Å². The number of aliphatic hydroxyl groups is 1. The number of aliphatic hydroxyl groups excluding tert-OH is 1. The molecule has 0 aliphatic carbocycles. The highest BCUT2D eigenvalue weighted by Gasteiger charge is 2.19. The smallest absolute Gasteiger partial charge is 0.287 e. The molecule has 0 aliphatic heterocycles. The molecule has 1 aromatic rings. The molecule has 1 atom stereocenters. The van der Waals surface area contributed by atoms with Gasteiger partial charge < -0.3 is 15.0 Å². The van der Waals surface area contributed by atoms with Crippen LogP contribution in [0.25, 0.3) is 0 Å². The topological polar surface area (TPSA) is 97.4 Å². The highest BCUT2D eigenvalue weighted by molar-refractivity contribution is 5.93. The maximum atomic E-state index is 12.0. The fraction of sp³-hybridized carbons (Fsp3) is 0.615. The molecule has 1 aromatic heterocycles. The highest BCUT2D eigenvalue weighted by atomic mass is 16.6. The quantitative estimate of drug-likeness (QED) is 0.586. The van der Waals surface area contributed by atoms with Gasteiger partial charge in [0.1, 0.15) is 5.69 Å². The first-order chi connectivity index (χ1) is 9.35.